The lowest BCUT2D eigenvalue weighted by Gasteiger charge is -2.55. The minimum absolute atomic E-state index is 0.0262. The zero-order valence-corrected chi connectivity index (χ0v) is 18.5. The first-order valence-corrected chi connectivity index (χ1v) is 10.8. The van der Waals surface area contributed by atoms with E-state index in [-0.39, 0.29) is 43.4 Å². The van der Waals surface area contributed by atoms with Crippen molar-refractivity contribution in [2.75, 3.05) is 26.2 Å². The molecule has 1 aromatic carbocycles. The zero-order chi connectivity index (χ0) is 22.5. The van der Waals surface area contributed by atoms with Gasteiger partial charge in [0.15, 0.2) is 0 Å². The SMILES string of the molecule is C#CCN1CC(=O)N2[C@@H](C(C)CC)C(=O)N(CC)C[C@@H]2N1C(=O)NCc1ccccc1. The number of amides is 4. The third-order valence-electron chi connectivity index (χ3n) is 6.10. The van der Waals surface area contributed by atoms with Crippen LogP contribution in [-0.4, -0.2) is 76.0 Å². The van der Waals surface area contributed by atoms with E-state index >= 15 is 0 Å². The summed E-state index contributed by atoms with van der Waals surface area (Å²) in [5.41, 5.74) is 0.968. The number of hydrogen-bond acceptors (Lipinski definition) is 4. The Morgan fingerprint density at radius 3 is 2.58 bits per heavy atom. The van der Waals surface area contributed by atoms with E-state index in [1.54, 1.807) is 14.8 Å². The number of terminal acetylenes is 1. The van der Waals surface area contributed by atoms with Crippen LogP contribution in [-0.2, 0) is 16.1 Å². The molecule has 1 aromatic rings. The van der Waals surface area contributed by atoms with E-state index in [1.807, 2.05) is 51.1 Å². The number of piperazine rings is 1. The summed E-state index contributed by atoms with van der Waals surface area (Å²) in [6.07, 6.45) is 5.69. The van der Waals surface area contributed by atoms with Gasteiger partial charge in [-0.1, -0.05) is 56.5 Å². The van der Waals surface area contributed by atoms with Crippen molar-refractivity contribution >= 4 is 17.8 Å². The second kappa shape index (κ2) is 9.84. The Morgan fingerprint density at radius 1 is 1.26 bits per heavy atom. The van der Waals surface area contributed by atoms with Crippen LogP contribution in [0.2, 0.25) is 0 Å². The number of benzene rings is 1. The number of nitrogens with zero attached hydrogens (tertiary/aromatic N) is 4. The molecule has 2 aliphatic rings. The fraction of sp³-hybridized carbons (Fsp3) is 0.522. The second-order valence-corrected chi connectivity index (χ2v) is 8.00. The molecule has 0 radical (unpaired) electrons. The van der Waals surface area contributed by atoms with Crippen molar-refractivity contribution in [1.29, 1.82) is 0 Å². The van der Waals surface area contributed by atoms with Gasteiger partial charge in [0.2, 0.25) is 11.8 Å². The Bertz CT molecular complexity index is 853. The minimum Gasteiger partial charge on any atom is -0.337 e. The Balaban J connectivity index is 1.92. The Morgan fingerprint density at radius 2 is 1.97 bits per heavy atom. The predicted octanol–water partition coefficient (Wildman–Crippen LogP) is 1.49. The molecular weight excluding hydrogens is 394 g/mol. The monoisotopic (exact) mass is 425 g/mol. The molecule has 2 heterocycles. The van der Waals surface area contributed by atoms with Gasteiger partial charge in [-0.3, -0.25) is 9.59 Å². The number of hydrogen-bond donors (Lipinski definition) is 1. The molecule has 1 unspecified atom stereocenters. The first kappa shape index (κ1) is 22.6. The van der Waals surface area contributed by atoms with Crippen molar-refractivity contribution in [3.05, 3.63) is 35.9 Å². The molecule has 2 fully saturated rings. The van der Waals surface area contributed by atoms with E-state index in [4.69, 9.17) is 6.42 Å². The molecule has 8 nitrogen and oxygen atoms in total. The Hall–Kier alpha value is -3.05. The summed E-state index contributed by atoms with van der Waals surface area (Å²) < 4.78 is 0. The van der Waals surface area contributed by atoms with Crippen molar-refractivity contribution in [2.45, 2.75) is 45.9 Å². The van der Waals surface area contributed by atoms with Crippen LogP contribution in [0.4, 0.5) is 4.79 Å². The molecule has 3 rings (SSSR count). The summed E-state index contributed by atoms with van der Waals surface area (Å²) in [6.45, 7) is 7.10. The third kappa shape index (κ3) is 4.52. The van der Waals surface area contributed by atoms with Gasteiger partial charge in [0.05, 0.1) is 19.6 Å². The number of carbonyl (C=O) groups is 3. The number of fused-ring (bicyclic) bond motifs is 1. The van der Waals surface area contributed by atoms with Gasteiger partial charge in [0.25, 0.3) is 0 Å². The lowest BCUT2D eigenvalue weighted by molar-refractivity contribution is -0.191. The highest BCUT2D eigenvalue weighted by Crippen LogP contribution is 2.30. The third-order valence-corrected chi connectivity index (χ3v) is 6.10. The van der Waals surface area contributed by atoms with Crippen LogP contribution in [0.5, 0.6) is 0 Å². The van der Waals surface area contributed by atoms with Gasteiger partial charge in [-0.15, -0.1) is 6.42 Å². The predicted molar refractivity (Wildman–Crippen MR) is 117 cm³/mol. The normalized spacial score (nSPS) is 22.7. The van der Waals surface area contributed by atoms with Crippen LogP contribution in [0.1, 0.15) is 32.8 Å². The van der Waals surface area contributed by atoms with Crippen molar-refractivity contribution in [2.24, 2.45) is 5.92 Å². The van der Waals surface area contributed by atoms with E-state index in [1.165, 1.54) is 5.01 Å². The van der Waals surface area contributed by atoms with Crippen LogP contribution in [0.25, 0.3) is 0 Å². The van der Waals surface area contributed by atoms with Crippen molar-refractivity contribution in [3.63, 3.8) is 0 Å². The Kier molecular flexibility index (Phi) is 7.18. The van der Waals surface area contributed by atoms with Crippen LogP contribution >= 0.6 is 0 Å². The van der Waals surface area contributed by atoms with Crippen LogP contribution in [0.15, 0.2) is 30.3 Å². The second-order valence-electron chi connectivity index (χ2n) is 8.00. The van der Waals surface area contributed by atoms with Gasteiger partial charge in [-0.2, -0.15) is 5.01 Å². The van der Waals surface area contributed by atoms with Gasteiger partial charge in [-0.25, -0.2) is 9.80 Å². The number of carbonyl (C=O) groups excluding carboxylic acids is 3. The summed E-state index contributed by atoms with van der Waals surface area (Å²) >= 11 is 0. The standard InChI is InChI=1S/C23H31N5O3/c1-5-13-26-16-20(29)27-19(15-25(7-3)22(30)21(27)17(4)6-2)28(26)23(31)24-14-18-11-9-8-10-12-18/h1,8-12,17,19,21H,6-7,13-16H2,2-4H3,(H,24,31)/t17?,19-,21-/m0/s1. The molecule has 0 aliphatic carbocycles. The number of nitrogens with one attached hydrogen (secondary N) is 1. The van der Waals surface area contributed by atoms with E-state index in [9.17, 15) is 14.4 Å². The Labute approximate surface area is 184 Å². The first-order chi connectivity index (χ1) is 14.9. The minimum atomic E-state index is -0.595. The van der Waals surface area contributed by atoms with Crippen LogP contribution in [0.3, 0.4) is 0 Å². The fourth-order valence-corrected chi connectivity index (χ4v) is 4.27. The van der Waals surface area contributed by atoms with E-state index in [0.29, 0.717) is 13.1 Å². The van der Waals surface area contributed by atoms with Gasteiger partial charge < -0.3 is 15.1 Å². The summed E-state index contributed by atoms with van der Waals surface area (Å²) in [4.78, 5) is 42.9. The highest BCUT2D eigenvalue weighted by molar-refractivity contribution is 5.91. The van der Waals surface area contributed by atoms with Gasteiger partial charge in [0.1, 0.15) is 12.2 Å². The van der Waals surface area contributed by atoms with Crippen molar-refractivity contribution < 1.29 is 14.4 Å². The van der Waals surface area contributed by atoms with Gasteiger partial charge in [-0.05, 0) is 18.4 Å². The highest BCUT2D eigenvalue weighted by atomic mass is 16.2. The molecule has 1 N–H and O–H groups in total. The average Bonchev–Trinajstić information content (AvgIpc) is 2.78. The largest absolute Gasteiger partial charge is 0.337 e. The number of rotatable bonds is 6. The van der Waals surface area contributed by atoms with Gasteiger partial charge in [0, 0.05) is 13.1 Å². The lowest BCUT2D eigenvalue weighted by atomic mass is 9.92. The zero-order valence-electron chi connectivity index (χ0n) is 18.5. The smallest absolute Gasteiger partial charge is 0.334 e. The molecule has 166 valence electrons. The van der Waals surface area contributed by atoms with Crippen LogP contribution < -0.4 is 5.32 Å². The fourth-order valence-electron chi connectivity index (χ4n) is 4.27. The summed E-state index contributed by atoms with van der Waals surface area (Å²) in [7, 11) is 0. The summed E-state index contributed by atoms with van der Waals surface area (Å²) in [5, 5.41) is 6.08. The van der Waals surface area contributed by atoms with Crippen molar-refractivity contribution in [1.82, 2.24) is 25.1 Å². The molecule has 3 atom stereocenters. The maximum atomic E-state index is 13.3. The summed E-state index contributed by atoms with van der Waals surface area (Å²) in [5.74, 6) is 2.28. The van der Waals surface area contributed by atoms with E-state index in [0.717, 1.165) is 12.0 Å². The average molecular weight is 426 g/mol. The molecule has 0 saturated carbocycles. The maximum absolute atomic E-state index is 13.3. The van der Waals surface area contributed by atoms with E-state index in [2.05, 4.69) is 11.2 Å². The molecule has 0 spiro atoms. The molecule has 0 aromatic heterocycles. The van der Waals surface area contributed by atoms with E-state index < -0.39 is 12.2 Å². The lowest BCUT2D eigenvalue weighted by Crippen LogP contribution is -2.77. The molecule has 2 saturated heterocycles. The number of urea groups is 1. The van der Waals surface area contributed by atoms with Crippen molar-refractivity contribution in [3.8, 4) is 12.3 Å². The van der Waals surface area contributed by atoms with Crippen LogP contribution in [0, 0.1) is 18.3 Å². The molecule has 31 heavy (non-hydrogen) atoms. The number of likely N-dealkylation sites (N-methyl/N-ethyl adjacent to an activating group) is 1. The number of hydrazine groups is 1. The molecule has 2 aliphatic heterocycles. The highest BCUT2D eigenvalue weighted by Gasteiger charge is 2.52. The molecule has 0 bridgehead atoms. The molecule has 4 amide bonds. The van der Waals surface area contributed by atoms with Gasteiger partial charge >= 0.3 is 6.03 Å². The first-order valence-electron chi connectivity index (χ1n) is 10.8. The molecule has 8 heteroatoms. The maximum Gasteiger partial charge on any atom is 0.334 e. The molecular formula is C23H31N5O3. The quantitative estimate of drug-likeness (QED) is 0.701. The topological polar surface area (TPSA) is 76.2 Å². The summed E-state index contributed by atoms with van der Waals surface area (Å²) in [6, 6.07) is 8.68.